The van der Waals surface area contributed by atoms with Crippen molar-refractivity contribution in [3.05, 3.63) is 30.0 Å². The molecule has 1 aliphatic rings. The third-order valence-electron chi connectivity index (χ3n) is 4.05. The third kappa shape index (κ3) is 3.20. The highest BCUT2D eigenvalue weighted by Gasteiger charge is 2.19. The molecule has 2 aromatic rings. The van der Waals surface area contributed by atoms with Crippen LogP contribution in [0.3, 0.4) is 0 Å². The summed E-state index contributed by atoms with van der Waals surface area (Å²) in [6.07, 6.45) is 7.55. The average molecular weight is 288 g/mol. The molecule has 21 heavy (non-hydrogen) atoms. The Kier molecular flexibility index (Phi) is 4.13. The zero-order chi connectivity index (χ0) is 14.7. The number of hydrogen-bond acceptors (Lipinski definition) is 4. The number of ether oxygens (including phenoxy) is 2. The van der Waals surface area contributed by atoms with Crippen LogP contribution >= 0.6 is 0 Å². The van der Waals surface area contributed by atoms with E-state index < -0.39 is 0 Å². The number of hydrogen-bond donors (Lipinski definition) is 0. The summed E-state index contributed by atoms with van der Waals surface area (Å²) in [4.78, 5) is 12.1. The number of furan rings is 1. The Morgan fingerprint density at radius 3 is 2.86 bits per heavy atom. The first-order valence-corrected chi connectivity index (χ1v) is 7.50. The molecule has 0 bridgehead atoms. The maximum Gasteiger partial charge on any atom is 0.310 e. The lowest BCUT2D eigenvalue weighted by Crippen LogP contribution is -2.21. The lowest BCUT2D eigenvalue weighted by Gasteiger charge is -2.21. The quantitative estimate of drug-likeness (QED) is 0.802. The predicted octanol–water partition coefficient (Wildman–Crippen LogP) is 3.86. The van der Waals surface area contributed by atoms with Crippen molar-refractivity contribution in [2.45, 2.75) is 44.6 Å². The van der Waals surface area contributed by atoms with Crippen LogP contribution in [0.25, 0.3) is 11.0 Å². The molecule has 0 atom stereocenters. The van der Waals surface area contributed by atoms with Gasteiger partial charge in [0.15, 0.2) is 0 Å². The number of benzene rings is 1. The fourth-order valence-corrected chi connectivity index (χ4v) is 2.89. The summed E-state index contributed by atoms with van der Waals surface area (Å²) in [5.41, 5.74) is 1.60. The lowest BCUT2D eigenvalue weighted by atomic mass is 9.98. The highest BCUT2D eigenvalue weighted by molar-refractivity contribution is 5.86. The minimum absolute atomic E-state index is 0.101. The number of methoxy groups -OCH3 is 1. The van der Waals surface area contributed by atoms with Crippen molar-refractivity contribution in [2.24, 2.45) is 0 Å². The van der Waals surface area contributed by atoms with Gasteiger partial charge < -0.3 is 13.9 Å². The zero-order valence-electron chi connectivity index (χ0n) is 12.3. The van der Waals surface area contributed by atoms with Gasteiger partial charge in [-0.25, -0.2) is 0 Å². The van der Waals surface area contributed by atoms with Crippen LogP contribution in [0.1, 0.15) is 37.7 Å². The molecule has 4 nitrogen and oxygen atoms in total. The van der Waals surface area contributed by atoms with Crippen LogP contribution in [-0.2, 0) is 16.0 Å². The number of carbonyl (C=O) groups is 1. The fourth-order valence-electron chi connectivity index (χ4n) is 2.89. The molecule has 1 aromatic heterocycles. The van der Waals surface area contributed by atoms with Crippen LogP contribution in [0.2, 0.25) is 0 Å². The summed E-state index contributed by atoms with van der Waals surface area (Å²) in [5, 5.41) is 0.941. The topological polar surface area (TPSA) is 48.7 Å². The first-order valence-electron chi connectivity index (χ1n) is 7.50. The van der Waals surface area contributed by atoms with Crippen LogP contribution in [-0.4, -0.2) is 19.2 Å². The van der Waals surface area contributed by atoms with Gasteiger partial charge in [-0.1, -0.05) is 6.42 Å². The predicted molar refractivity (Wildman–Crippen MR) is 79.4 cm³/mol. The highest BCUT2D eigenvalue weighted by atomic mass is 16.5. The van der Waals surface area contributed by atoms with E-state index in [1.54, 1.807) is 13.4 Å². The molecule has 1 saturated carbocycles. The van der Waals surface area contributed by atoms with Gasteiger partial charge in [-0.05, 0) is 37.8 Å². The van der Waals surface area contributed by atoms with Gasteiger partial charge in [0.2, 0.25) is 0 Å². The molecule has 1 aromatic carbocycles. The minimum atomic E-state index is -0.166. The van der Waals surface area contributed by atoms with E-state index in [9.17, 15) is 4.79 Å². The number of esters is 1. The molecular formula is C17H20O4. The van der Waals surface area contributed by atoms with E-state index in [4.69, 9.17) is 13.9 Å². The van der Waals surface area contributed by atoms with E-state index in [0.717, 1.165) is 48.0 Å². The van der Waals surface area contributed by atoms with Gasteiger partial charge in [-0.15, -0.1) is 0 Å². The fraction of sp³-hybridized carbons (Fsp3) is 0.471. The Balaban J connectivity index is 1.68. The SMILES string of the molecule is COc1ccc2c(CC(=O)OC3CCCCC3)coc2c1. The summed E-state index contributed by atoms with van der Waals surface area (Å²) in [7, 11) is 1.62. The Morgan fingerprint density at radius 2 is 2.10 bits per heavy atom. The van der Waals surface area contributed by atoms with E-state index >= 15 is 0 Å². The average Bonchev–Trinajstić information content (AvgIpc) is 2.90. The van der Waals surface area contributed by atoms with Crippen molar-refractivity contribution in [1.82, 2.24) is 0 Å². The molecule has 0 unspecified atom stereocenters. The molecule has 1 fully saturated rings. The van der Waals surface area contributed by atoms with E-state index in [2.05, 4.69) is 0 Å². The lowest BCUT2D eigenvalue weighted by molar-refractivity contribution is -0.149. The number of rotatable bonds is 4. The molecular weight excluding hydrogens is 268 g/mol. The monoisotopic (exact) mass is 288 g/mol. The molecule has 0 spiro atoms. The standard InChI is InChI=1S/C17H20O4/c1-19-14-7-8-15-12(11-20-16(15)10-14)9-17(18)21-13-5-3-2-4-6-13/h7-8,10-11,13H,2-6,9H2,1H3. The van der Waals surface area contributed by atoms with Gasteiger partial charge >= 0.3 is 5.97 Å². The second kappa shape index (κ2) is 6.20. The molecule has 0 radical (unpaired) electrons. The number of carbonyl (C=O) groups excluding carboxylic acids is 1. The highest BCUT2D eigenvalue weighted by Crippen LogP contribution is 2.27. The van der Waals surface area contributed by atoms with Crippen LogP contribution in [0.5, 0.6) is 5.75 Å². The van der Waals surface area contributed by atoms with Crippen LogP contribution in [0.4, 0.5) is 0 Å². The largest absolute Gasteiger partial charge is 0.497 e. The van der Waals surface area contributed by atoms with Gasteiger partial charge in [-0.3, -0.25) is 4.79 Å². The molecule has 0 aliphatic heterocycles. The van der Waals surface area contributed by atoms with Crippen molar-refractivity contribution in [2.75, 3.05) is 7.11 Å². The molecule has 0 saturated heterocycles. The van der Waals surface area contributed by atoms with Gasteiger partial charge in [0, 0.05) is 17.0 Å². The first-order chi connectivity index (χ1) is 10.3. The normalized spacial score (nSPS) is 16.0. The summed E-state index contributed by atoms with van der Waals surface area (Å²) in [6.45, 7) is 0. The summed E-state index contributed by atoms with van der Waals surface area (Å²) in [5.74, 6) is 0.577. The zero-order valence-corrected chi connectivity index (χ0v) is 12.3. The van der Waals surface area contributed by atoms with Crippen LogP contribution in [0, 0.1) is 0 Å². The van der Waals surface area contributed by atoms with Gasteiger partial charge in [0.1, 0.15) is 17.4 Å². The summed E-state index contributed by atoms with van der Waals surface area (Å²) in [6, 6.07) is 5.61. The number of fused-ring (bicyclic) bond motifs is 1. The maximum atomic E-state index is 12.1. The van der Waals surface area contributed by atoms with Gasteiger partial charge in [0.25, 0.3) is 0 Å². The molecule has 1 aliphatic carbocycles. The Bertz CT molecular complexity index is 623. The van der Waals surface area contributed by atoms with Gasteiger partial charge in [-0.2, -0.15) is 0 Å². The van der Waals surface area contributed by atoms with E-state index in [0.29, 0.717) is 0 Å². The molecule has 1 heterocycles. The van der Waals surface area contributed by atoms with E-state index in [-0.39, 0.29) is 18.5 Å². The van der Waals surface area contributed by atoms with Gasteiger partial charge in [0.05, 0.1) is 19.8 Å². The first kappa shape index (κ1) is 14.0. The Labute approximate surface area is 124 Å². The smallest absolute Gasteiger partial charge is 0.310 e. The van der Waals surface area contributed by atoms with Crippen molar-refractivity contribution in [3.63, 3.8) is 0 Å². The summed E-state index contributed by atoms with van der Waals surface area (Å²) >= 11 is 0. The third-order valence-corrected chi connectivity index (χ3v) is 4.05. The summed E-state index contributed by atoms with van der Waals surface area (Å²) < 4.78 is 16.2. The van der Waals surface area contributed by atoms with E-state index in [1.807, 2.05) is 18.2 Å². The molecule has 0 N–H and O–H groups in total. The van der Waals surface area contributed by atoms with Crippen molar-refractivity contribution < 1.29 is 18.7 Å². The second-order valence-electron chi connectivity index (χ2n) is 5.55. The second-order valence-corrected chi connectivity index (χ2v) is 5.55. The minimum Gasteiger partial charge on any atom is -0.497 e. The molecule has 3 rings (SSSR count). The molecule has 0 amide bonds. The Hall–Kier alpha value is -1.97. The molecule has 112 valence electrons. The maximum absolute atomic E-state index is 12.1. The molecule has 4 heteroatoms. The van der Waals surface area contributed by atoms with Crippen LogP contribution in [0.15, 0.2) is 28.9 Å². The van der Waals surface area contributed by atoms with Crippen molar-refractivity contribution >= 4 is 16.9 Å². The van der Waals surface area contributed by atoms with Crippen LogP contribution < -0.4 is 4.74 Å². The van der Waals surface area contributed by atoms with E-state index in [1.165, 1.54) is 6.42 Å². The van der Waals surface area contributed by atoms with Crippen molar-refractivity contribution in [3.8, 4) is 5.75 Å². The Morgan fingerprint density at radius 1 is 1.29 bits per heavy atom. The van der Waals surface area contributed by atoms with Crippen molar-refractivity contribution in [1.29, 1.82) is 0 Å².